The number of nitrogens with zero attached hydrogens (tertiary/aromatic N) is 2. The Bertz CT molecular complexity index is 1080. The van der Waals surface area contributed by atoms with Crippen LogP contribution in [0.5, 0.6) is 11.5 Å². The summed E-state index contributed by atoms with van der Waals surface area (Å²) in [6.45, 7) is 4.49. The van der Waals surface area contributed by atoms with Crippen LogP contribution in [0.2, 0.25) is 0 Å². The molecule has 1 amide bonds. The van der Waals surface area contributed by atoms with Gasteiger partial charge in [-0.3, -0.25) is 9.89 Å². The molecule has 0 aliphatic rings. The quantitative estimate of drug-likeness (QED) is 0.412. The fourth-order valence-electron chi connectivity index (χ4n) is 2.97. The minimum atomic E-state index is -0.241. The van der Waals surface area contributed by atoms with Crippen molar-refractivity contribution in [1.29, 1.82) is 0 Å². The SMILES string of the molecule is CCCc1n[nH]c(=S)n1NCc1ccc(OCC(=O)Nc2ccc(C)cc2)c(OC)c1. The monoisotopic (exact) mass is 441 g/mol. The van der Waals surface area contributed by atoms with Gasteiger partial charge in [0.25, 0.3) is 5.91 Å². The molecule has 0 fully saturated rings. The summed E-state index contributed by atoms with van der Waals surface area (Å²) in [6, 6.07) is 13.1. The molecule has 164 valence electrons. The number of aromatic amines is 1. The fraction of sp³-hybridized carbons (Fsp3) is 0.318. The van der Waals surface area contributed by atoms with Gasteiger partial charge in [-0.1, -0.05) is 30.7 Å². The summed E-state index contributed by atoms with van der Waals surface area (Å²) < 4.78 is 13.4. The Hall–Kier alpha value is -3.33. The van der Waals surface area contributed by atoms with E-state index < -0.39 is 0 Å². The van der Waals surface area contributed by atoms with Crippen LogP contribution in [0.4, 0.5) is 5.69 Å². The number of hydrogen-bond acceptors (Lipinski definition) is 6. The molecule has 0 radical (unpaired) electrons. The molecule has 9 heteroatoms. The largest absolute Gasteiger partial charge is 0.493 e. The molecular formula is C22H27N5O3S. The molecule has 0 atom stereocenters. The van der Waals surface area contributed by atoms with Crippen LogP contribution in [0.25, 0.3) is 0 Å². The minimum absolute atomic E-state index is 0.119. The zero-order valence-electron chi connectivity index (χ0n) is 17.9. The van der Waals surface area contributed by atoms with E-state index in [9.17, 15) is 4.79 Å². The lowest BCUT2D eigenvalue weighted by molar-refractivity contribution is -0.118. The van der Waals surface area contributed by atoms with E-state index in [1.54, 1.807) is 17.9 Å². The Morgan fingerprint density at radius 1 is 1.19 bits per heavy atom. The van der Waals surface area contributed by atoms with Crippen molar-refractivity contribution < 1.29 is 14.3 Å². The molecule has 8 nitrogen and oxygen atoms in total. The van der Waals surface area contributed by atoms with Crippen molar-refractivity contribution in [2.24, 2.45) is 0 Å². The molecule has 0 aliphatic carbocycles. The van der Waals surface area contributed by atoms with Gasteiger partial charge < -0.3 is 20.2 Å². The Morgan fingerprint density at radius 2 is 1.97 bits per heavy atom. The normalized spacial score (nSPS) is 10.5. The van der Waals surface area contributed by atoms with Crippen LogP contribution in [0, 0.1) is 11.7 Å². The number of aryl methyl sites for hydroxylation is 2. The van der Waals surface area contributed by atoms with Crippen molar-refractivity contribution in [3.8, 4) is 11.5 Å². The number of nitrogens with one attached hydrogen (secondary N) is 3. The van der Waals surface area contributed by atoms with Gasteiger partial charge in [0.2, 0.25) is 4.77 Å². The Morgan fingerprint density at radius 3 is 2.68 bits per heavy atom. The lowest BCUT2D eigenvalue weighted by Crippen LogP contribution is -2.20. The van der Waals surface area contributed by atoms with Gasteiger partial charge in [-0.05, 0) is 55.4 Å². The van der Waals surface area contributed by atoms with Crippen LogP contribution >= 0.6 is 12.2 Å². The molecule has 0 saturated heterocycles. The average molecular weight is 442 g/mol. The molecule has 31 heavy (non-hydrogen) atoms. The Labute approximate surface area is 186 Å². The molecule has 0 spiro atoms. The number of anilines is 1. The first-order valence-electron chi connectivity index (χ1n) is 10.1. The van der Waals surface area contributed by atoms with Crippen molar-refractivity contribution >= 4 is 23.8 Å². The standard InChI is InChI=1S/C22H27N5O3S/c1-4-5-20-25-26-22(31)27(20)23-13-16-8-11-18(19(12-16)29-3)30-14-21(28)24-17-9-6-15(2)7-10-17/h6-12,23H,4-5,13-14H2,1-3H3,(H,24,28)(H,26,31). The molecule has 0 aliphatic heterocycles. The highest BCUT2D eigenvalue weighted by Crippen LogP contribution is 2.28. The van der Waals surface area contributed by atoms with E-state index in [1.807, 2.05) is 43.3 Å². The predicted molar refractivity (Wildman–Crippen MR) is 123 cm³/mol. The third-order valence-corrected chi connectivity index (χ3v) is 4.85. The van der Waals surface area contributed by atoms with E-state index in [-0.39, 0.29) is 12.5 Å². The van der Waals surface area contributed by atoms with E-state index in [0.29, 0.717) is 22.8 Å². The van der Waals surface area contributed by atoms with E-state index in [1.165, 1.54) is 0 Å². The van der Waals surface area contributed by atoms with E-state index in [2.05, 4.69) is 27.9 Å². The topological polar surface area (TPSA) is 93.2 Å². The summed E-state index contributed by atoms with van der Waals surface area (Å²) in [6.07, 6.45) is 1.79. The second kappa shape index (κ2) is 10.6. The molecule has 0 saturated carbocycles. The second-order valence-electron chi connectivity index (χ2n) is 7.05. The molecule has 3 aromatic rings. The Balaban J connectivity index is 1.59. The predicted octanol–water partition coefficient (Wildman–Crippen LogP) is 3.97. The molecular weight excluding hydrogens is 414 g/mol. The van der Waals surface area contributed by atoms with Crippen molar-refractivity contribution in [2.75, 3.05) is 24.5 Å². The number of aromatic nitrogens is 3. The van der Waals surface area contributed by atoms with Crippen molar-refractivity contribution in [1.82, 2.24) is 14.9 Å². The van der Waals surface area contributed by atoms with E-state index in [4.69, 9.17) is 21.7 Å². The van der Waals surface area contributed by atoms with E-state index >= 15 is 0 Å². The smallest absolute Gasteiger partial charge is 0.262 e. The highest BCUT2D eigenvalue weighted by molar-refractivity contribution is 7.71. The highest BCUT2D eigenvalue weighted by Gasteiger charge is 2.10. The number of carbonyl (C=O) groups excluding carboxylic acids is 1. The van der Waals surface area contributed by atoms with Gasteiger partial charge in [-0.15, -0.1) is 0 Å². The first-order valence-corrected chi connectivity index (χ1v) is 10.5. The van der Waals surface area contributed by atoms with Gasteiger partial charge in [0, 0.05) is 12.1 Å². The van der Waals surface area contributed by atoms with Gasteiger partial charge in [0.15, 0.2) is 23.9 Å². The number of hydrogen-bond donors (Lipinski definition) is 3. The van der Waals surface area contributed by atoms with E-state index in [0.717, 1.165) is 35.5 Å². The third kappa shape index (κ3) is 6.08. The summed E-state index contributed by atoms with van der Waals surface area (Å²) in [7, 11) is 1.57. The van der Waals surface area contributed by atoms with Crippen LogP contribution in [-0.2, 0) is 17.8 Å². The number of benzene rings is 2. The minimum Gasteiger partial charge on any atom is -0.493 e. The number of H-pyrrole nitrogens is 1. The number of carbonyl (C=O) groups is 1. The first-order chi connectivity index (χ1) is 15.0. The van der Waals surface area contributed by atoms with Crippen LogP contribution in [0.3, 0.4) is 0 Å². The number of rotatable bonds is 10. The summed E-state index contributed by atoms with van der Waals surface area (Å²) in [5.74, 6) is 1.66. The van der Waals surface area contributed by atoms with Crippen LogP contribution < -0.4 is 20.2 Å². The Kier molecular flexibility index (Phi) is 7.66. The number of amides is 1. The molecule has 3 rings (SSSR count). The van der Waals surface area contributed by atoms with Gasteiger partial charge in [-0.25, -0.2) is 4.68 Å². The maximum atomic E-state index is 12.2. The van der Waals surface area contributed by atoms with Gasteiger partial charge in [0.1, 0.15) is 0 Å². The van der Waals surface area contributed by atoms with Gasteiger partial charge in [-0.2, -0.15) is 5.10 Å². The van der Waals surface area contributed by atoms with Crippen LogP contribution in [0.1, 0.15) is 30.3 Å². The lowest BCUT2D eigenvalue weighted by Gasteiger charge is -2.14. The molecule has 1 heterocycles. The molecule has 2 aromatic carbocycles. The molecule has 0 bridgehead atoms. The fourth-order valence-corrected chi connectivity index (χ4v) is 3.19. The summed E-state index contributed by atoms with van der Waals surface area (Å²) in [5.41, 5.74) is 6.10. The van der Waals surface area contributed by atoms with Gasteiger partial charge >= 0.3 is 0 Å². The molecule has 0 unspecified atom stereocenters. The molecule has 3 N–H and O–H groups in total. The summed E-state index contributed by atoms with van der Waals surface area (Å²) >= 11 is 5.28. The van der Waals surface area contributed by atoms with Gasteiger partial charge in [0.05, 0.1) is 13.7 Å². The van der Waals surface area contributed by atoms with Crippen molar-refractivity contribution in [3.63, 3.8) is 0 Å². The first kappa shape index (κ1) is 22.4. The summed E-state index contributed by atoms with van der Waals surface area (Å²) in [4.78, 5) is 12.2. The zero-order valence-corrected chi connectivity index (χ0v) is 18.7. The number of ether oxygens (including phenoxy) is 2. The lowest BCUT2D eigenvalue weighted by atomic mass is 10.2. The zero-order chi connectivity index (χ0) is 22.2. The second-order valence-corrected chi connectivity index (χ2v) is 7.44. The third-order valence-electron chi connectivity index (χ3n) is 4.58. The summed E-state index contributed by atoms with van der Waals surface area (Å²) in [5, 5.41) is 9.86. The van der Waals surface area contributed by atoms with Crippen molar-refractivity contribution in [3.05, 3.63) is 64.2 Å². The molecule has 1 aromatic heterocycles. The highest BCUT2D eigenvalue weighted by atomic mass is 32.1. The van der Waals surface area contributed by atoms with Crippen molar-refractivity contribution in [2.45, 2.75) is 33.2 Å². The van der Waals surface area contributed by atoms with Crippen LogP contribution in [0.15, 0.2) is 42.5 Å². The van der Waals surface area contributed by atoms with Crippen LogP contribution in [-0.4, -0.2) is 34.5 Å². The maximum Gasteiger partial charge on any atom is 0.262 e. The number of methoxy groups -OCH3 is 1. The maximum absolute atomic E-state index is 12.2. The average Bonchev–Trinajstić information content (AvgIpc) is 3.12.